The molecule has 1 unspecified atom stereocenters. The number of primary amides is 1. The highest BCUT2D eigenvalue weighted by Gasteiger charge is 2.27. The minimum atomic E-state index is -0.662. The van der Waals surface area contributed by atoms with Crippen LogP contribution in [0.25, 0.3) is 5.65 Å². The van der Waals surface area contributed by atoms with Gasteiger partial charge in [-0.25, -0.2) is 4.98 Å². The number of aromatic nitrogens is 2. The number of nitrogens with two attached hydrogens (primary N) is 1. The third kappa shape index (κ3) is 4.02. The average molecular weight is 457 g/mol. The Morgan fingerprint density at radius 3 is 2.55 bits per heavy atom. The summed E-state index contributed by atoms with van der Waals surface area (Å²) < 4.78 is 7.14. The smallest absolute Gasteiger partial charge is 0.258 e. The molecule has 0 aliphatic heterocycles. The lowest BCUT2D eigenvalue weighted by atomic mass is 9.97. The lowest BCUT2D eigenvalue weighted by molar-refractivity contribution is -0.119. The monoisotopic (exact) mass is 456 g/mol. The maximum atomic E-state index is 12.8. The number of pyridine rings is 1. The van der Waals surface area contributed by atoms with E-state index in [-0.39, 0.29) is 15.6 Å². The third-order valence-electron chi connectivity index (χ3n) is 4.97. The van der Waals surface area contributed by atoms with Crippen molar-refractivity contribution >= 4 is 46.4 Å². The van der Waals surface area contributed by atoms with E-state index in [1.165, 1.54) is 0 Å². The molecule has 4 rings (SSSR count). The molecule has 0 aliphatic rings. The SMILES string of the molecule is Cc1nc2c(NC(=O)c3c(Cl)cccc3Cl)cccn2c1C(Cc1ccco1)C(N)=O. The van der Waals surface area contributed by atoms with Crippen molar-refractivity contribution in [2.75, 3.05) is 5.32 Å². The van der Waals surface area contributed by atoms with Gasteiger partial charge in [0.2, 0.25) is 5.91 Å². The zero-order chi connectivity index (χ0) is 22.1. The zero-order valence-corrected chi connectivity index (χ0v) is 17.9. The van der Waals surface area contributed by atoms with Crippen LogP contribution in [-0.4, -0.2) is 21.2 Å². The number of nitrogens with zero attached hydrogens (tertiary/aromatic N) is 2. The average Bonchev–Trinajstić information content (AvgIpc) is 3.33. The molecule has 3 aromatic heterocycles. The number of aryl methyl sites for hydroxylation is 1. The van der Waals surface area contributed by atoms with Gasteiger partial charge < -0.3 is 19.9 Å². The van der Waals surface area contributed by atoms with Gasteiger partial charge in [-0.1, -0.05) is 29.3 Å². The van der Waals surface area contributed by atoms with Crippen LogP contribution in [0.3, 0.4) is 0 Å². The van der Waals surface area contributed by atoms with E-state index in [0.29, 0.717) is 34.9 Å². The van der Waals surface area contributed by atoms with Crippen molar-refractivity contribution in [2.24, 2.45) is 5.73 Å². The molecule has 0 saturated heterocycles. The predicted octanol–water partition coefficient (Wildman–Crippen LogP) is 4.61. The summed E-state index contributed by atoms with van der Waals surface area (Å²) in [5, 5.41) is 3.29. The van der Waals surface area contributed by atoms with Crippen LogP contribution in [0.15, 0.2) is 59.3 Å². The van der Waals surface area contributed by atoms with Crippen LogP contribution in [-0.2, 0) is 11.2 Å². The Labute approximate surface area is 187 Å². The van der Waals surface area contributed by atoms with Gasteiger partial charge in [-0.05, 0) is 43.3 Å². The summed E-state index contributed by atoms with van der Waals surface area (Å²) in [4.78, 5) is 29.7. The number of anilines is 1. The van der Waals surface area contributed by atoms with Gasteiger partial charge in [-0.3, -0.25) is 9.59 Å². The highest BCUT2D eigenvalue weighted by Crippen LogP contribution is 2.30. The first kappa shape index (κ1) is 21.0. The molecule has 3 heterocycles. The number of carbonyl (C=O) groups is 2. The van der Waals surface area contributed by atoms with E-state index in [1.54, 1.807) is 66.2 Å². The molecule has 0 fully saturated rings. The summed E-state index contributed by atoms with van der Waals surface area (Å²) in [5.74, 6) is -0.993. The molecule has 1 atom stereocenters. The number of hydrogen-bond acceptors (Lipinski definition) is 4. The molecule has 9 heteroatoms. The predicted molar refractivity (Wildman–Crippen MR) is 119 cm³/mol. The summed E-state index contributed by atoms with van der Waals surface area (Å²) in [6, 6.07) is 11.8. The second kappa shape index (κ2) is 8.45. The molecule has 0 spiro atoms. The van der Waals surface area contributed by atoms with Gasteiger partial charge in [-0.15, -0.1) is 0 Å². The topological polar surface area (TPSA) is 103 Å². The Kier molecular flexibility index (Phi) is 5.71. The standard InChI is InChI=1S/C22H18Cl2N4O3/c1-12-19(14(20(25)29)11-13-5-4-10-31-13)28-9-3-8-17(21(28)26-12)27-22(30)18-15(23)6-2-7-16(18)24/h2-10,14H,11H2,1H3,(H2,25,29)(H,27,30). The molecule has 0 aliphatic carbocycles. The minimum Gasteiger partial charge on any atom is -0.469 e. The quantitative estimate of drug-likeness (QED) is 0.442. The van der Waals surface area contributed by atoms with Gasteiger partial charge in [-0.2, -0.15) is 0 Å². The third-order valence-corrected chi connectivity index (χ3v) is 5.60. The highest BCUT2D eigenvalue weighted by molar-refractivity contribution is 6.40. The van der Waals surface area contributed by atoms with E-state index < -0.39 is 17.7 Å². The van der Waals surface area contributed by atoms with Crippen molar-refractivity contribution < 1.29 is 14.0 Å². The van der Waals surface area contributed by atoms with Crippen molar-refractivity contribution in [3.05, 3.63) is 87.7 Å². The van der Waals surface area contributed by atoms with Crippen molar-refractivity contribution in [3.8, 4) is 0 Å². The molecule has 2 amide bonds. The van der Waals surface area contributed by atoms with Gasteiger partial charge in [0, 0.05) is 12.6 Å². The zero-order valence-electron chi connectivity index (χ0n) is 16.4. The molecule has 3 N–H and O–H groups in total. The van der Waals surface area contributed by atoms with E-state index >= 15 is 0 Å². The Balaban J connectivity index is 1.75. The van der Waals surface area contributed by atoms with Crippen molar-refractivity contribution in [3.63, 3.8) is 0 Å². The lowest BCUT2D eigenvalue weighted by Gasteiger charge is -2.14. The molecule has 4 aromatic rings. The van der Waals surface area contributed by atoms with Crippen LogP contribution >= 0.6 is 23.2 Å². The van der Waals surface area contributed by atoms with Crippen LogP contribution in [0.5, 0.6) is 0 Å². The number of halogens is 2. The summed E-state index contributed by atoms with van der Waals surface area (Å²) in [5.41, 5.74) is 8.04. The molecule has 31 heavy (non-hydrogen) atoms. The first-order chi connectivity index (χ1) is 14.9. The van der Waals surface area contributed by atoms with E-state index in [4.69, 9.17) is 33.4 Å². The number of furan rings is 1. The molecule has 158 valence electrons. The van der Waals surface area contributed by atoms with Crippen LogP contribution < -0.4 is 11.1 Å². The van der Waals surface area contributed by atoms with Crippen LogP contribution in [0.1, 0.15) is 33.4 Å². The normalized spacial score (nSPS) is 12.1. The highest BCUT2D eigenvalue weighted by atomic mass is 35.5. The molecule has 1 aromatic carbocycles. The number of hydrogen-bond donors (Lipinski definition) is 2. The Hall–Kier alpha value is -3.29. The fourth-order valence-electron chi connectivity index (χ4n) is 3.58. The van der Waals surface area contributed by atoms with Gasteiger partial charge >= 0.3 is 0 Å². The summed E-state index contributed by atoms with van der Waals surface area (Å²) >= 11 is 12.3. The minimum absolute atomic E-state index is 0.171. The number of imidazole rings is 1. The maximum absolute atomic E-state index is 12.8. The molecule has 0 saturated carbocycles. The largest absolute Gasteiger partial charge is 0.469 e. The number of nitrogens with one attached hydrogen (secondary N) is 1. The first-order valence-corrected chi connectivity index (χ1v) is 10.2. The summed E-state index contributed by atoms with van der Waals surface area (Å²) in [7, 11) is 0. The summed E-state index contributed by atoms with van der Waals surface area (Å²) in [6.07, 6.45) is 3.60. The number of benzene rings is 1. The van der Waals surface area contributed by atoms with E-state index in [9.17, 15) is 9.59 Å². The second-order valence-electron chi connectivity index (χ2n) is 6.99. The van der Waals surface area contributed by atoms with Gasteiger partial charge in [0.05, 0.1) is 44.9 Å². The molecule has 0 radical (unpaired) electrons. The van der Waals surface area contributed by atoms with Gasteiger partial charge in [0.15, 0.2) is 5.65 Å². The molecule has 7 nitrogen and oxygen atoms in total. The van der Waals surface area contributed by atoms with Crippen LogP contribution in [0.2, 0.25) is 10.0 Å². The molecular weight excluding hydrogens is 439 g/mol. The van der Waals surface area contributed by atoms with Gasteiger partial charge in [0.1, 0.15) is 5.76 Å². The molecule has 0 bridgehead atoms. The number of amides is 2. The summed E-state index contributed by atoms with van der Waals surface area (Å²) in [6.45, 7) is 1.79. The number of carbonyl (C=O) groups excluding carboxylic acids is 2. The van der Waals surface area contributed by atoms with Crippen molar-refractivity contribution in [1.29, 1.82) is 0 Å². The Morgan fingerprint density at radius 2 is 1.90 bits per heavy atom. The lowest BCUT2D eigenvalue weighted by Crippen LogP contribution is -2.25. The van der Waals surface area contributed by atoms with E-state index in [2.05, 4.69) is 10.3 Å². The fourth-order valence-corrected chi connectivity index (χ4v) is 4.15. The van der Waals surface area contributed by atoms with Crippen molar-refractivity contribution in [1.82, 2.24) is 9.38 Å². The van der Waals surface area contributed by atoms with E-state index in [0.717, 1.165) is 0 Å². The van der Waals surface area contributed by atoms with Crippen LogP contribution in [0.4, 0.5) is 5.69 Å². The van der Waals surface area contributed by atoms with Crippen molar-refractivity contribution in [2.45, 2.75) is 19.3 Å². The number of fused-ring (bicyclic) bond motifs is 1. The van der Waals surface area contributed by atoms with E-state index in [1.807, 2.05) is 0 Å². The maximum Gasteiger partial charge on any atom is 0.258 e. The number of rotatable bonds is 6. The first-order valence-electron chi connectivity index (χ1n) is 9.41. The Morgan fingerprint density at radius 1 is 1.16 bits per heavy atom. The van der Waals surface area contributed by atoms with Gasteiger partial charge in [0.25, 0.3) is 5.91 Å². The fraction of sp³-hybridized carbons (Fsp3) is 0.136. The second-order valence-corrected chi connectivity index (χ2v) is 7.80. The van der Waals surface area contributed by atoms with Crippen LogP contribution in [0, 0.1) is 6.92 Å². The molecular formula is C22H18Cl2N4O3. The Bertz CT molecular complexity index is 1260.